The summed E-state index contributed by atoms with van der Waals surface area (Å²) in [7, 11) is 0. The zero-order chi connectivity index (χ0) is 24.3. The largest absolute Gasteiger partial charge is 0.417 e. The summed E-state index contributed by atoms with van der Waals surface area (Å²) >= 11 is 0. The van der Waals surface area contributed by atoms with Gasteiger partial charge in [-0.25, -0.2) is 9.97 Å². The van der Waals surface area contributed by atoms with Crippen molar-refractivity contribution in [3.63, 3.8) is 0 Å². The second-order valence-electron chi connectivity index (χ2n) is 7.65. The Kier molecular flexibility index (Phi) is 6.26. The number of hydrogen-bond acceptors (Lipinski definition) is 6. The number of hydrogen-bond donors (Lipinski definition) is 2. The number of carbonyl (C=O) groups is 1. The Hall–Kier alpha value is -4.28. The average Bonchev–Trinajstić information content (AvgIpc) is 3.30. The van der Waals surface area contributed by atoms with Gasteiger partial charge >= 0.3 is 6.18 Å². The molecule has 0 aliphatic carbocycles. The summed E-state index contributed by atoms with van der Waals surface area (Å²) in [6, 6.07) is 14.0. The molecule has 1 aromatic carbocycles. The van der Waals surface area contributed by atoms with E-state index in [1.165, 1.54) is 6.07 Å². The third-order valence-corrected chi connectivity index (χ3v) is 4.84. The van der Waals surface area contributed by atoms with Crippen molar-refractivity contribution in [2.45, 2.75) is 26.1 Å². The van der Waals surface area contributed by atoms with Gasteiger partial charge in [-0.3, -0.25) is 4.79 Å². The van der Waals surface area contributed by atoms with Crippen molar-refractivity contribution < 1.29 is 18.0 Å². The second kappa shape index (κ2) is 9.30. The maximum absolute atomic E-state index is 12.8. The molecule has 0 saturated carbocycles. The predicted molar refractivity (Wildman–Crippen MR) is 121 cm³/mol. The first kappa shape index (κ1) is 22.9. The molecule has 34 heavy (non-hydrogen) atoms. The Morgan fingerprint density at radius 2 is 1.82 bits per heavy atom. The van der Waals surface area contributed by atoms with Crippen molar-refractivity contribution in [3.8, 4) is 11.5 Å². The Labute approximate surface area is 192 Å². The van der Waals surface area contributed by atoms with E-state index in [1.54, 1.807) is 48.8 Å². The fourth-order valence-corrected chi connectivity index (χ4v) is 3.14. The third-order valence-electron chi connectivity index (χ3n) is 4.84. The first-order valence-electron chi connectivity index (χ1n) is 10.3. The number of benzene rings is 1. The van der Waals surface area contributed by atoms with Crippen LogP contribution in [0, 0.1) is 0 Å². The topological polar surface area (TPSA) is 97.6 Å². The second-order valence-corrected chi connectivity index (χ2v) is 7.65. The number of aromatic nitrogens is 5. The minimum atomic E-state index is -4.46. The average molecular weight is 467 g/mol. The van der Waals surface area contributed by atoms with Gasteiger partial charge in [0.1, 0.15) is 23.7 Å². The van der Waals surface area contributed by atoms with Gasteiger partial charge in [0.25, 0.3) is 5.91 Å². The standard InChI is InChI=1S/C23H20F3N7O/c1-14(2)33-13-28-32-21(33)18-7-4-8-20(30-18)31-22(34)15-5-3-6-17(11-15)29-19-10-9-16(12-27-19)23(24,25)26/h3-14H,1-2H3,(H,27,29)(H,30,31,34). The number of alkyl halides is 3. The molecule has 0 atom stereocenters. The monoisotopic (exact) mass is 467 g/mol. The zero-order valence-electron chi connectivity index (χ0n) is 18.2. The number of anilines is 3. The van der Waals surface area contributed by atoms with Crippen LogP contribution < -0.4 is 10.6 Å². The minimum Gasteiger partial charge on any atom is -0.340 e. The van der Waals surface area contributed by atoms with E-state index in [9.17, 15) is 18.0 Å². The van der Waals surface area contributed by atoms with Gasteiger partial charge in [0.2, 0.25) is 0 Å². The number of nitrogens with zero attached hydrogens (tertiary/aromatic N) is 5. The van der Waals surface area contributed by atoms with Gasteiger partial charge in [0.05, 0.1) is 5.56 Å². The normalized spacial score (nSPS) is 11.5. The highest BCUT2D eigenvalue weighted by atomic mass is 19.4. The van der Waals surface area contributed by atoms with Crippen LogP contribution in [0.1, 0.15) is 35.8 Å². The van der Waals surface area contributed by atoms with Gasteiger partial charge < -0.3 is 15.2 Å². The smallest absolute Gasteiger partial charge is 0.340 e. The van der Waals surface area contributed by atoms with Crippen LogP contribution in [0.25, 0.3) is 11.5 Å². The van der Waals surface area contributed by atoms with E-state index < -0.39 is 17.6 Å². The molecule has 0 spiro atoms. The molecule has 0 aliphatic heterocycles. The van der Waals surface area contributed by atoms with E-state index in [0.717, 1.165) is 12.3 Å². The lowest BCUT2D eigenvalue weighted by molar-refractivity contribution is -0.137. The Balaban J connectivity index is 1.48. The molecule has 4 rings (SSSR count). The van der Waals surface area contributed by atoms with E-state index in [-0.39, 0.29) is 11.9 Å². The van der Waals surface area contributed by atoms with Gasteiger partial charge in [-0.15, -0.1) is 10.2 Å². The molecule has 0 saturated heterocycles. The fraction of sp³-hybridized carbons (Fsp3) is 0.174. The summed E-state index contributed by atoms with van der Waals surface area (Å²) < 4.78 is 40.0. The molecule has 2 N–H and O–H groups in total. The highest BCUT2D eigenvalue weighted by molar-refractivity contribution is 6.04. The summed E-state index contributed by atoms with van der Waals surface area (Å²) in [6.45, 7) is 4.00. The van der Waals surface area contributed by atoms with Gasteiger partial charge in [-0.1, -0.05) is 12.1 Å². The molecule has 11 heteroatoms. The SMILES string of the molecule is CC(C)n1cnnc1-c1cccc(NC(=O)c2cccc(Nc3ccc(C(F)(F)F)cn3)c2)n1. The van der Waals surface area contributed by atoms with Crippen molar-refractivity contribution >= 4 is 23.2 Å². The summed E-state index contributed by atoms with van der Waals surface area (Å²) in [6.07, 6.45) is -2.09. The molecule has 0 radical (unpaired) electrons. The summed E-state index contributed by atoms with van der Waals surface area (Å²) in [5, 5.41) is 13.7. The maximum Gasteiger partial charge on any atom is 0.417 e. The van der Waals surface area contributed by atoms with Crippen molar-refractivity contribution in [2.24, 2.45) is 0 Å². The summed E-state index contributed by atoms with van der Waals surface area (Å²) in [5.74, 6) is 0.734. The van der Waals surface area contributed by atoms with Gasteiger partial charge in [-0.05, 0) is 56.3 Å². The van der Waals surface area contributed by atoms with Crippen LogP contribution in [0.5, 0.6) is 0 Å². The fourth-order valence-electron chi connectivity index (χ4n) is 3.14. The minimum absolute atomic E-state index is 0.138. The quantitative estimate of drug-likeness (QED) is 0.398. The van der Waals surface area contributed by atoms with Crippen LogP contribution in [0.3, 0.4) is 0 Å². The number of rotatable bonds is 6. The van der Waals surface area contributed by atoms with Crippen LogP contribution in [0.2, 0.25) is 0 Å². The first-order valence-corrected chi connectivity index (χ1v) is 10.3. The highest BCUT2D eigenvalue weighted by Crippen LogP contribution is 2.29. The Bertz CT molecular complexity index is 1300. The molecule has 0 bridgehead atoms. The number of carbonyl (C=O) groups excluding carboxylic acids is 1. The Morgan fingerprint density at radius 3 is 2.53 bits per heavy atom. The van der Waals surface area contributed by atoms with E-state index >= 15 is 0 Å². The summed E-state index contributed by atoms with van der Waals surface area (Å²) in [4.78, 5) is 21.0. The molecular formula is C23H20F3N7O. The van der Waals surface area contributed by atoms with Gasteiger partial charge in [0.15, 0.2) is 5.82 Å². The molecule has 0 unspecified atom stereocenters. The first-order chi connectivity index (χ1) is 16.2. The molecule has 174 valence electrons. The Morgan fingerprint density at radius 1 is 1.03 bits per heavy atom. The van der Waals surface area contributed by atoms with Crippen LogP contribution >= 0.6 is 0 Å². The lowest BCUT2D eigenvalue weighted by Crippen LogP contribution is -2.13. The van der Waals surface area contributed by atoms with Gasteiger partial charge in [-0.2, -0.15) is 13.2 Å². The number of pyridine rings is 2. The van der Waals surface area contributed by atoms with Crippen LogP contribution in [-0.2, 0) is 6.18 Å². The maximum atomic E-state index is 12.8. The van der Waals surface area contributed by atoms with Crippen LogP contribution in [0.15, 0.2) is 67.1 Å². The summed E-state index contributed by atoms with van der Waals surface area (Å²) in [5.41, 5.74) is 0.543. The van der Waals surface area contributed by atoms with E-state index in [2.05, 4.69) is 30.8 Å². The van der Waals surface area contributed by atoms with Crippen molar-refractivity contribution in [1.29, 1.82) is 0 Å². The lowest BCUT2D eigenvalue weighted by atomic mass is 10.2. The predicted octanol–water partition coefficient (Wildman–Crippen LogP) is 5.33. The molecule has 1 amide bonds. The van der Waals surface area contributed by atoms with Crippen LogP contribution in [-0.4, -0.2) is 30.6 Å². The molecule has 0 aliphatic rings. The molecule has 8 nitrogen and oxygen atoms in total. The van der Waals surface area contributed by atoms with E-state index in [1.807, 2.05) is 18.4 Å². The number of nitrogens with one attached hydrogen (secondary N) is 2. The lowest BCUT2D eigenvalue weighted by Gasteiger charge is -2.11. The van der Waals surface area contributed by atoms with Gasteiger partial charge in [0, 0.05) is 23.5 Å². The number of halogens is 3. The molecule has 3 aromatic heterocycles. The molecule has 4 aromatic rings. The van der Waals surface area contributed by atoms with E-state index in [0.29, 0.717) is 28.6 Å². The zero-order valence-corrected chi connectivity index (χ0v) is 18.2. The van der Waals surface area contributed by atoms with Crippen molar-refractivity contribution in [1.82, 2.24) is 24.7 Å². The van der Waals surface area contributed by atoms with E-state index in [4.69, 9.17) is 0 Å². The highest BCUT2D eigenvalue weighted by Gasteiger charge is 2.30. The molecular weight excluding hydrogens is 447 g/mol. The molecule has 0 fully saturated rings. The van der Waals surface area contributed by atoms with Crippen molar-refractivity contribution in [2.75, 3.05) is 10.6 Å². The third kappa shape index (κ3) is 5.20. The van der Waals surface area contributed by atoms with Crippen molar-refractivity contribution in [3.05, 3.63) is 78.2 Å². The molecule has 3 heterocycles. The number of amides is 1. The van der Waals surface area contributed by atoms with Crippen LogP contribution in [0.4, 0.5) is 30.5 Å².